The van der Waals surface area contributed by atoms with Crippen molar-refractivity contribution in [1.29, 1.82) is 10.5 Å². The Balaban J connectivity index is 2.50. The normalized spacial score (nSPS) is 13.9. The van der Waals surface area contributed by atoms with Crippen LogP contribution in [-0.2, 0) is 10.8 Å². The minimum Gasteiger partial charge on any atom is -0.478 e. The molecule has 0 aliphatic rings. The topological polar surface area (TPSA) is 89.1 Å². The van der Waals surface area contributed by atoms with Crippen LogP contribution in [0.1, 0.15) is 48.6 Å². The van der Waals surface area contributed by atoms with Crippen molar-refractivity contribution in [3.05, 3.63) is 101 Å². The van der Waals surface area contributed by atoms with Gasteiger partial charge in [-0.1, -0.05) is 87.5 Å². The van der Waals surface area contributed by atoms with Crippen LogP contribution in [0, 0.1) is 29.6 Å². The van der Waals surface area contributed by atoms with Crippen molar-refractivity contribution in [2.24, 2.45) is 0 Å². The van der Waals surface area contributed by atoms with Crippen LogP contribution in [-0.4, -0.2) is 24.5 Å². The van der Waals surface area contributed by atoms with E-state index in [1.165, 1.54) is 0 Å². The van der Waals surface area contributed by atoms with Gasteiger partial charge in [0, 0.05) is 5.56 Å². The van der Waals surface area contributed by atoms with E-state index in [2.05, 4.69) is 44.3 Å². The summed E-state index contributed by atoms with van der Waals surface area (Å²) in [4.78, 5) is 0. The molecule has 0 aliphatic carbocycles. The standard InChI is InChI=1S/C29H31N3O2/c1-21-10-8-9-13-24(21)29(27(33)32-18-16-30,22-11-6-5-7-12-22)25-20-23(28(2,3)4)14-15-26(25)34-19-17-31/h5-15,20,27,32-33H,18-19H2,1-4H3. The first-order chi connectivity index (χ1) is 16.3. The maximum atomic E-state index is 11.8. The third-order valence-corrected chi connectivity index (χ3v) is 6.15. The minimum atomic E-state index is -1.16. The summed E-state index contributed by atoms with van der Waals surface area (Å²) in [6, 6.07) is 27.7. The largest absolute Gasteiger partial charge is 0.478 e. The Kier molecular flexibility index (Phi) is 7.74. The molecule has 5 nitrogen and oxygen atoms in total. The van der Waals surface area contributed by atoms with Crippen LogP contribution < -0.4 is 10.1 Å². The summed E-state index contributed by atoms with van der Waals surface area (Å²) in [5, 5.41) is 33.4. The average Bonchev–Trinajstić information content (AvgIpc) is 2.83. The Morgan fingerprint density at radius 1 is 0.882 bits per heavy atom. The molecule has 2 N–H and O–H groups in total. The van der Waals surface area contributed by atoms with E-state index >= 15 is 0 Å². The third-order valence-electron chi connectivity index (χ3n) is 6.15. The first-order valence-corrected chi connectivity index (χ1v) is 11.3. The molecule has 0 saturated heterocycles. The second-order valence-corrected chi connectivity index (χ2v) is 9.34. The molecule has 0 aromatic heterocycles. The summed E-state index contributed by atoms with van der Waals surface area (Å²) in [5.41, 5.74) is 3.22. The number of aliphatic hydroxyl groups is 1. The number of nitriles is 2. The van der Waals surface area contributed by atoms with Crippen molar-refractivity contribution in [2.75, 3.05) is 13.2 Å². The lowest BCUT2D eigenvalue weighted by molar-refractivity contribution is 0.0894. The van der Waals surface area contributed by atoms with Crippen molar-refractivity contribution < 1.29 is 9.84 Å². The Labute approximate surface area is 202 Å². The summed E-state index contributed by atoms with van der Waals surface area (Å²) in [6.07, 6.45) is -1.16. The predicted molar refractivity (Wildman–Crippen MR) is 133 cm³/mol. The molecule has 0 bridgehead atoms. The maximum Gasteiger partial charge on any atom is 0.174 e. The Bertz CT molecular complexity index is 1200. The van der Waals surface area contributed by atoms with Gasteiger partial charge in [-0.3, -0.25) is 5.32 Å². The van der Waals surface area contributed by atoms with Gasteiger partial charge >= 0.3 is 0 Å². The van der Waals surface area contributed by atoms with Gasteiger partial charge in [0.2, 0.25) is 0 Å². The van der Waals surface area contributed by atoms with E-state index in [4.69, 9.17) is 4.74 Å². The highest BCUT2D eigenvalue weighted by Gasteiger charge is 2.46. The highest BCUT2D eigenvalue weighted by atomic mass is 16.5. The highest BCUT2D eigenvalue weighted by molar-refractivity contribution is 5.59. The van der Waals surface area contributed by atoms with Crippen LogP contribution in [0.2, 0.25) is 0 Å². The first kappa shape index (κ1) is 25.0. The summed E-state index contributed by atoms with van der Waals surface area (Å²) in [7, 11) is 0. The Hall–Kier alpha value is -3.64. The highest BCUT2D eigenvalue weighted by Crippen LogP contribution is 2.47. The number of aliphatic hydroxyl groups excluding tert-OH is 1. The van der Waals surface area contributed by atoms with Gasteiger partial charge in [0.15, 0.2) is 6.61 Å². The van der Waals surface area contributed by atoms with E-state index in [0.29, 0.717) is 5.75 Å². The molecule has 2 atom stereocenters. The predicted octanol–water partition coefficient (Wildman–Crippen LogP) is 4.96. The lowest BCUT2D eigenvalue weighted by atomic mass is 9.65. The first-order valence-electron chi connectivity index (χ1n) is 11.3. The molecule has 5 heteroatoms. The fraction of sp³-hybridized carbons (Fsp3) is 0.310. The van der Waals surface area contributed by atoms with E-state index in [1.807, 2.05) is 73.7 Å². The Morgan fingerprint density at radius 3 is 2.18 bits per heavy atom. The molecule has 174 valence electrons. The minimum absolute atomic E-state index is 0.0328. The summed E-state index contributed by atoms with van der Waals surface area (Å²) in [6.45, 7) is 8.24. The average molecular weight is 454 g/mol. The van der Waals surface area contributed by atoms with Crippen LogP contribution in [0.3, 0.4) is 0 Å². The SMILES string of the molecule is Cc1ccccc1C(c1ccccc1)(c1cc(C(C)(C)C)ccc1OCC#N)C(O)NCC#N. The fourth-order valence-corrected chi connectivity index (χ4v) is 4.46. The molecule has 0 spiro atoms. The molecule has 0 heterocycles. The molecule has 3 aromatic carbocycles. The number of hydrogen-bond donors (Lipinski definition) is 2. The zero-order valence-corrected chi connectivity index (χ0v) is 20.2. The van der Waals surface area contributed by atoms with Gasteiger partial charge in [-0.05, 0) is 40.7 Å². The van der Waals surface area contributed by atoms with E-state index in [9.17, 15) is 15.6 Å². The second-order valence-electron chi connectivity index (χ2n) is 9.34. The molecular formula is C29H31N3O2. The molecule has 0 radical (unpaired) electrons. The Morgan fingerprint density at radius 2 is 1.56 bits per heavy atom. The van der Waals surface area contributed by atoms with Crippen LogP contribution in [0.15, 0.2) is 72.8 Å². The second kappa shape index (κ2) is 10.5. The molecule has 34 heavy (non-hydrogen) atoms. The van der Waals surface area contributed by atoms with Gasteiger partial charge in [0.1, 0.15) is 18.0 Å². The number of rotatable bonds is 8. The lowest BCUT2D eigenvalue weighted by Crippen LogP contribution is -2.51. The van der Waals surface area contributed by atoms with Crippen molar-refractivity contribution in [2.45, 2.75) is 44.8 Å². The van der Waals surface area contributed by atoms with Gasteiger partial charge in [0.25, 0.3) is 0 Å². The van der Waals surface area contributed by atoms with Crippen molar-refractivity contribution in [3.63, 3.8) is 0 Å². The third kappa shape index (κ3) is 4.82. The van der Waals surface area contributed by atoms with Gasteiger partial charge in [-0.2, -0.15) is 10.5 Å². The van der Waals surface area contributed by atoms with Gasteiger partial charge in [0.05, 0.1) is 18.0 Å². The number of ether oxygens (including phenoxy) is 1. The maximum absolute atomic E-state index is 11.8. The number of aryl methyl sites for hydroxylation is 1. The molecule has 3 rings (SSSR count). The smallest absolute Gasteiger partial charge is 0.174 e. The van der Waals surface area contributed by atoms with Gasteiger partial charge < -0.3 is 9.84 Å². The van der Waals surface area contributed by atoms with Gasteiger partial charge in [-0.15, -0.1) is 0 Å². The lowest BCUT2D eigenvalue weighted by Gasteiger charge is -2.42. The molecule has 3 aromatic rings. The molecule has 2 unspecified atom stereocenters. The number of benzene rings is 3. The van der Waals surface area contributed by atoms with Crippen molar-refractivity contribution in [1.82, 2.24) is 5.32 Å². The van der Waals surface area contributed by atoms with E-state index < -0.39 is 11.6 Å². The van der Waals surface area contributed by atoms with Gasteiger partial charge in [-0.25, -0.2) is 0 Å². The fourth-order valence-electron chi connectivity index (χ4n) is 4.46. The zero-order valence-electron chi connectivity index (χ0n) is 20.2. The number of nitrogens with zero attached hydrogens (tertiary/aromatic N) is 2. The zero-order chi connectivity index (χ0) is 24.8. The monoisotopic (exact) mass is 453 g/mol. The van der Waals surface area contributed by atoms with E-state index in [0.717, 1.165) is 27.8 Å². The molecule has 0 fully saturated rings. The van der Waals surface area contributed by atoms with E-state index in [1.54, 1.807) is 0 Å². The molecule has 0 aliphatic heterocycles. The summed E-state index contributed by atoms with van der Waals surface area (Å²) < 4.78 is 5.93. The van der Waals surface area contributed by atoms with Crippen LogP contribution >= 0.6 is 0 Å². The van der Waals surface area contributed by atoms with E-state index in [-0.39, 0.29) is 18.6 Å². The van der Waals surface area contributed by atoms with Crippen LogP contribution in [0.25, 0.3) is 0 Å². The number of nitrogens with one attached hydrogen (secondary N) is 1. The van der Waals surface area contributed by atoms with Crippen molar-refractivity contribution in [3.8, 4) is 17.9 Å². The molecule has 0 amide bonds. The summed E-state index contributed by atoms with van der Waals surface area (Å²) in [5.74, 6) is 0.513. The van der Waals surface area contributed by atoms with Crippen molar-refractivity contribution >= 4 is 0 Å². The quantitative estimate of drug-likeness (QED) is 0.286. The molecular weight excluding hydrogens is 422 g/mol. The summed E-state index contributed by atoms with van der Waals surface area (Å²) >= 11 is 0. The molecule has 0 saturated carbocycles. The van der Waals surface area contributed by atoms with Crippen LogP contribution in [0.5, 0.6) is 5.75 Å². The number of hydrogen-bond acceptors (Lipinski definition) is 5. The van der Waals surface area contributed by atoms with Crippen LogP contribution in [0.4, 0.5) is 0 Å².